The van der Waals surface area contributed by atoms with Crippen LogP contribution in [-0.4, -0.2) is 55.0 Å². The molecule has 0 aromatic heterocycles. The van der Waals surface area contributed by atoms with Gasteiger partial charge < -0.3 is 9.64 Å². The molecule has 1 saturated heterocycles. The second-order valence-electron chi connectivity index (χ2n) is 6.33. The molecule has 1 aromatic carbocycles. The molecule has 1 unspecified atom stereocenters. The first-order valence-electron chi connectivity index (χ1n) is 8.42. The summed E-state index contributed by atoms with van der Waals surface area (Å²) in [6, 6.07) is 7.77. The van der Waals surface area contributed by atoms with E-state index in [2.05, 4.69) is 11.8 Å². The molecule has 0 aliphatic carbocycles. The van der Waals surface area contributed by atoms with Crippen LogP contribution >= 0.6 is 11.6 Å². The quantitative estimate of drug-likeness (QED) is 0.714. The number of likely N-dealkylation sites (N-methyl/N-ethyl adjacent to an activating group) is 1. The average molecular weight is 339 g/mol. The summed E-state index contributed by atoms with van der Waals surface area (Å²) in [5, 5.41) is 0.711. The minimum atomic E-state index is 0.248. The van der Waals surface area contributed by atoms with E-state index in [1.165, 1.54) is 6.42 Å². The Kier molecular flexibility index (Phi) is 7.18. The molecular weight excluding hydrogens is 312 g/mol. The maximum absolute atomic E-state index is 12.3. The van der Waals surface area contributed by atoms with Crippen molar-refractivity contribution < 1.29 is 9.53 Å². The van der Waals surface area contributed by atoms with Crippen LogP contribution < -0.4 is 4.74 Å². The first-order chi connectivity index (χ1) is 11.1. The number of amides is 1. The SMILES string of the molecule is CC1CCCCN1C(=O)CN(C)CCCOc1ccc(Cl)cc1. The highest BCUT2D eigenvalue weighted by molar-refractivity contribution is 6.30. The number of rotatable bonds is 7. The fourth-order valence-corrected chi connectivity index (χ4v) is 3.05. The minimum Gasteiger partial charge on any atom is -0.494 e. The zero-order chi connectivity index (χ0) is 16.7. The molecule has 0 saturated carbocycles. The first kappa shape index (κ1) is 18.1. The summed E-state index contributed by atoms with van der Waals surface area (Å²) < 4.78 is 5.67. The Labute approximate surface area is 144 Å². The third-order valence-corrected chi connectivity index (χ3v) is 4.55. The van der Waals surface area contributed by atoms with Gasteiger partial charge in [-0.05, 0) is 63.9 Å². The summed E-state index contributed by atoms with van der Waals surface area (Å²) in [6.07, 6.45) is 4.39. The number of carbonyl (C=O) groups excluding carboxylic acids is 1. The van der Waals surface area contributed by atoms with Crippen LogP contribution in [0.3, 0.4) is 0 Å². The van der Waals surface area contributed by atoms with Gasteiger partial charge in [-0.25, -0.2) is 0 Å². The number of nitrogens with zero attached hydrogens (tertiary/aromatic N) is 2. The largest absolute Gasteiger partial charge is 0.494 e. The van der Waals surface area contributed by atoms with E-state index in [4.69, 9.17) is 16.3 Å². The highest BCUT2D eigenvalue weighted by Gasteiger charge is 2.23. The molecule has 5 heteroatoms. The van der Waals surface area contributed by atoms with E-state index < -0.39 is 0 Å². The molecule has 0 bridgehead atoms. The number of hydrogen-bond acceptors (Lipinski definition) is 3. The van der Waals surface area contributed by atoms with Crippen molar-refractivity contribution in [1.82, 2.24) is 9.80 Å². The molecule has 1 fully saturated rings. The normalized spacial score (nSPS) is 18.3. The molecule has 0 radical (unpaired) electrons. The van der Waals surface area contributed by atoms with Crippen molar-refractivity contribution in [1.29, 1.82) is 0 Å². The van der Waals surface area contributed by atoms with Crippen LogP contribution in [0.15, 0.2) is 24.3 Å². The van der Waals surface area contributed by atoms with E-state index in [0.717, 1.165) is 38.1 Å². The molecule has 23 heavy (non-hydrogen) atoms. The summed E-state index contributed by atoms with van der Waals surface area (Å²) in [7, 11) is 1.99. The van der Waals surface area contributed by atoms with Crippen LogP contribution in [0.2, 0.25) is 5.02 Å². The highest BCUT2D eigenvalue weighted by Crippen LogP contribution is 2.17. The van der Waals surface area contributed by atoms with Gasteiger partial charge in [-0.3, -0.25) is 9.69 Å². The molecule has 1 atom stereocenters. The Morgan fingerprint density at radius 3 is 2.78 bits per heavy atom. The van der Waals surface area contributed by atoms with Crippen molar-refractivity contribution in [3.8, 4) is 5.75 Å². The van der Waals surface area contributed by atoms with Crippen molar-refractivity contribution >= 4 is 17.5 Å². The second kappa shape index (κ2) is 9.14. The summed E-state index contributed by atoms with van der Waals surface area (Å²) in [5.74, 6) is 1.08. The molecule has 1 amide bonds. The number of carbonyl (C=O) groups is 1. The van der Waals surface area contributed by atoms with E-state index in [-0.39, 0.29) is 5.91 Å². The van der Waals surface area contributed by atoms with Gasteiger partial charge in [0.2, 0.25) is 5.91 Å². The zero-order valence-electron chi connectivity index (χ0n) is 14.1. The summed E-state index contributed by atoms with van der Waals surface area (Å²) in [5.41, 5.74) is 0. The van der Waals surface area contributed by atoms with Gasteiger partial charge >= 0.3 is 0 Å². The second-order valence-corrected chi connectivity index (χ2v) is 6.76. The van der Waals surface area contributed by atoms with Crippen LogP contribution in [0, 0.1) is 0 Å². The number of benzene rings is 1. The Balaban J connectivity index is 1.63. The Morgan fingerprint density at radius 1 is 1.35 bits per heavy atom. The molecule has 1 heterocycles. The third kappa shape index (κ3) is 6.04. The first-order valence-corrected chi connectivity index (χ1v) is 8.80. The van der Waals surface area contributed by atoms with Gasteiger partial charge in [0.25, 0.3) is 0 Å². The average Bonchev–Trinajstić information content (AvgIpc) is 2.53. The number of hydrogen-bond donors (Lipinski definition) is 0. The van der Waals surface area contributed by atoms with Crippen LogP contribution in [0.5, 0.6) is 5.75 Å². The van der Waals surface area contributed by atoms with Crippen molar-refractivity contribution in [3.05, 3.63) is 29.3 Å². The maximum atomic E-state index is 12.3. The van der Waals surface area contributed by atoms with E-state index in [1.54, 1.807) is 0 Å². The lowest BCUT2D eigenvalue weighted by Crippen LogP contribution is -2.46. The number of ether oxygens (including phenoxy) is 1. The monoisotopic (exact) mass is 338 g/mol. The Bertz CT molecular complexity index is 492. The fourth-order valence-electron chi connectivity index (χ4n) is 2.92. The fraction of sp³-hybridized carbons (Fsp3) is 0.611. The molecule has 0 spiro atoms. The Hall–Kier alpha value is -1.26. The van der Waals surface area contributed by atoms with Gasteiger partial charge in [-0.2, -0.15) is 0 Å². The van der Waals surface area contributed by atoms with Crippen LogP contribution in [0.4, 0.5) is 0 Å². The molecular formula is C18H27ClN2O2. The zero-order valence-corrected chi connectivity index (χ0v) is 14.9. The summed E-state index contributed by atoms with van der Waals surface area (Å²) in [6.45, 7) is 5.04. The molecule has 0 N–H and O–H groups in total. The lowest BCUT2D eigenvalue weighted by Gasteiger charge is -2.34. The molecule has 4 nitrogen and oxygen atoms in total. The van der Waals surface area contributed by atoms with E-state index in [9.17, 15) is 4.79 Å². The number of halogens is 1. The van der Waals surface area contributed by atoms with Gasteiger partial charge in [0.15, 0.2) is 0 Å². The van der Waals surface area contributed by atoms with E-state index in [1.807, 2.05) is 36.2 Å². The topological polar surface area (TPSA) is 32.8 Å². The molecule has 2 rings (SSSR count). The van der Waals surface area contributed by atoms with Gasteiger partial charge in [0.05, 0.1) is 13.2 Å². The van der Waals surface area contributed by atoms with Gasteiger partial charge in [0, 0.05) is 24.2 Å². The van der Waals surface area contributed by atoms with Crippen molar-refractivity contribution in [3.63, 3.8) is 0 Å². The third-order valence-electron chi connectivity index (χ3n) is 4.30. The van der Waals surface area contributed by atoms with Crippen LogP contribution in [-0.2, 0) is 4.79 Å². The minimum absolute atomic E-state index is 0.248. The van der Waals surface area contributed by atoms with Crippen LogP contribution in [0.25, 0.3) is 0 Å². The summed E-state index contributed by atoms with van der Waals surface area (Å²) >= 11 is 5.84. The lowest BCUT2D eigenvalue weighted by molar-refractivity contribution is -0.135. The van der Waals surface area contributed by atoms with Gasteiger partial charge in [0.1, 0.15) is 5.75 Å². The van der Waals surface area contributed by atoms with Crippen molar-refractivity contribution in [2.24, 2.45) is 0 Å². The van der Waals surface area contributed by atoms with E-state index in [0.29, 0.717) is 24.2 Å². The molecule has 1 aliphatic heterocycles. The van der Waals surface area contributed by atoms with Crippen molar-refractivity contribution in [2.45, 2.75) is 38.6 Å². The maximum Gasteiger partial charge on any atom is 0.236 e. The highest BCUT2D eigenvalue weighted by atomic mass is 35.5. The van der Waals surface area contributed by atoms with E-state index >= 15 is 0 Å². The molecule has 1 aromatic rings. The standard InChI is InChI=1S/C18H27ClN2O2/c1-15-6-3-4-12-21(15)18(22)14-20(2)11-5-13-23-17-9-7-16(19)8-10-17/h7-10,15H,3-6,11-14H2,1-2H3. The molecule has 128 valence electrons. The van der Waals surface area contributed by atoms with Gasteiger partial charge in [-0.15, -0.1) is 0 Å². The smallest absolute Gasteiger partial charge is 0.236 e. The predicted molar refractivity (Wildman–Crippen MR) is 94.1 cm³/mol. The molecule has 1 aliphatic rings. The lowest BCUT2D eigenvalue weighted by atomic mass is 10.0. The van der Waals surface area contributed by atoms with Crippen molar-refractivity contribution in [2.75, 3.05) is 33.3 Å². The predicted octanol–water partition coefficient (Wildman–Crippen LogP) is 3.44. The number of likely N-dealkylation sites (tertiary alicyclic amines) is 1. The number of piperidine rings is 1. The Morgan fingerprint density at radius 2 is 2.09 bits per heavy atom. The van der Waals surface area contributed by atoms with Gasteiger partial charge in [-0.1, -0.05) is 11.6 Å². The van der Waals surface area contributed by atoms with Crippen LogP contribution in [0.1, 0.15) is 32.6 Å². The summed E-state index contributed by atoms with van der Waals surface area (Å²) in [4.78, 5) is 16.5.